The summed E-state index contributed by atoms with van der Waals surface area (Å²) in [5.74, 6) is -0.699. The number of carbonyl (C=O) groups excluding carboxylic acids is 2. The molecule has 1 aliphatic rings. The van der Waals surface area contributed by atoms with Gasteiger partial charge in [0.2, 0.25) is 0 Å². The van der Waals surface area contributed by atoms with Crippen molar-refractivity contribution in [3.63, 3.8) is 0 Å². The number of hydrogen-bond donors (Lipinski definition) is 4. The van der Waals surface area contributed by atoms with E-state index in [-0.39, 0.29) is 24.9 Å². The van der Waals surface area contributed by atoms with E-state index in [4.69, 9.17) is 5.11 Å². The van der Waals surface area contributed by atoms with E-state index in [2.05, 4.69) is 47.1 Å². The first-order valence-electron chi connectivity index (χ1n) is 13.3. The summed E-state index contributed by atoms with van der Waals surface area (Å²) in [6.45, 7) is 2.12. The number of carbonyl (C=O) groups is 3. The van der Waals surface area contributed by atoms with E-state index in [1.54, 1.807) is 12.1 Å². The molecule has 1 saturated carbocycles. The van der Waals surface area contributed by atoms with Gasteiger partial charge in [0.15, 0.2) is 0 Å². The molecule has 1 atom stereocenters. The Morgan fingerprint density at radius 3 is 2.24 bits per heavy atom. The lowest BCUT2D eigenvalue weighted by atomic mass is 9.83. The molecular weight excluding hydrogens is 498 g/mol. The van der Waals surface area contributed by atoms with Crippen LogP contribution >= 0.6 is 11.3 Å². The second kappa shape index (κ2) is 13.2. The summed E-state index contributed by atoms with van der Waals surface area (Å²) in [7, 11) is 0. The number of anilines is 1. The quantitative estimate of drug-likeness (QED) is 0.239. The molecule has 1 unspecified atom stereocenters. The molecule has 0 saturated heterocycles. The van der Waals surface area contributed by atoms with Crippen molar-refractivity contribution in [3.8, 4) is 0 Å². The Kier molecular flexibility index (Phi) is 9.54. The molecule has 0 bridgehead atoms. The molecule has 200 valence electrons. The summed E-state index contributed by atoms with van der Waals surface area (Å²) in [4.78, 5) is 36.2. The molecular formula is C30H35N3O4S. The van der Waals surface area contributed by atoms with Crippen LogP contribution in [0.2, 0.25) is 0 Å². The van der Waals surface area contributed by atoms with Crippen molar-refractivity contribution in [2.75, 3.05) is 11.9 Å². The van der Waals surface area contributed by atoms with Crippen LogP contribution in [0, 0.1) is 0 Å². The van der Waals surface area contributed by atoms with Crippen molar-refractivity contribution in [2.24, 2.45) is 0 Å². The van der Waals surface area contributed by atoms with Gasteiger partial charge < -0.3 is 15.7 Å². The van der Waals surface area contributed by atoms with E-state index < -0.39 is 12.0 Å². The minimum atomic E-state index is -0.962. The highest BCUT2D eigenvalue weighted by Gasteiger charge is 2.21. The van der Waals surface area contributed by atoms with Crippen LogP contribution in [0.3, 0.4) is 0 Å². The third kappa shape index (κ3) is 7.22. The molecule has 0 radical (unpaired) electrons. The van der Waals surface area contributed by atoms with E-state index in [1.165, 1.54) is 49.0 Å². The van der Waals surface area contributed by atoms with E-state index in [0.717, 1.165) is 28.1 Å². The number of rotatable bonds is 10. The normalized spacial score (nSPS) is 14.4. The second-order valence-corrected chi connectivity index (χ2v) is 10.6. The Morgan fingerprint density at radius 1 is 0.947 bits per heavy atom. The van der Waals surface area contributed by atoms with Gasteiger partial charge in [-0.25, -0.2) is 4.79 Å². The van der Waals surface area contributed by atoms with Crippen molar-refractivity contribution in [1.29, 1.82) is 0 Å². The average molecular weight is 534 g/mol. The summed E-state index contributed by atoms with van der Waals surface area (Å²) in [6, 6.07) is 16.9. The topological polar surface area (TPSA) is 108 Å². The van der Waals surface area contributed by atoms with Crippen LogP contribution in [0.1, 0.15) is 90.0 Å². The maximum Gasteiger partial charge on any atom is 0.320 e. The summed E-state index contributed by atoms with van der Waals surface area (Å²) in [6.07, 6.45) is 7.01. The summed E-state index contributed by atoms with van der Waals surface area (Å²) in [5.41, 5.74) is 4.67. The van der Waals surface area contributed by atoms with Gasteiger partial charge in [0.25, 0.3) is 5.91 Å². The Bertz CT molecular complexity index is 1230. The Balaban J connectivity index is 1.53. The van der Waals surface area contributed by atoms with Crippen LogP contribution in [0.15, 0.2) is 60.0 Å². The highest BCUT2D eigenvalue weighted by atomic mass is 32.1. The van der Waals surface area contributed by atoms with Gasteiger partial charge in [-0.15, -0.1) is 11.3 Å². The molecule has 1 fully saturated rings. The smallest absolute Gasteiger partial charge is 0.320 e. The van der Waals surface area contributed by atoms with Gasteiger partial charge >= 0.3 is 12.0 Å². The van der Waals surface area contributed by atoms with Crippen molar-refractivity contribution >= 4 is 34.2 Å². The molecule has 4 N–H and O–H groups in total. The van der Waals surface area contributed by atoms with Gasteiger partial charge in [-0.3, -0.25) is 14.9 Å². The number of benzene rings is 2. The zero-order chi connectivity index (χ0) is 26.9. The lowest BCUT2D eigenvalue weighted by molar-refractivity contribution is -0.136. The first-order valence-corrected chi connectivity index (χ1v) is 14.2. The summed E-state index contributed by atoms with van der Waals surface area (Å²) in [5, 5.41) is 20.3. The van der Waals surface area contributed by atoms with Crippen LogP contribution in [0.25, 0.3) is 0 Å². The number of aryl methyl sites for hydroxylation is 1. The third-order valence-corrected chi connectivity index (χ3v) is 7.98. The minimum Gasteiger partial charge on any atom is -0.481 e. The fourth-order valence-corrected chi connectivity index (χ4v) is 5.85. The standard InChI is InChI=1S/C30H35N3O4S/c1-2-20-17-19-38-29(20)33-30(37)32-27(23-10-8-22(9-11-23)21-6-4-3-5-7-21)24-12-14-25(15-13-24)28(36)31-18-16-26(34)35/h8-15,17,19,21,27H,2-7,16,18H2,1H3,(H,31,36)(H,34,35)(H2,32,33,37). The first-order chi connectivity index (χ1) is 18.4. The predicted molar refractivity (Wildman–Crippen MR) is 151 cm³/mol. The number of nitrogens with one attached hydrogen (secondary N) is 3. The number of aliphatic carboxylic acids is 1. The number of amides is 3. The van der Waals surface area contributed by atoms with E-state index >= 15 is 0 Å². The average Bonchev–Trinajstić information content (AvgIpc) is 3.39. The molecule has 1 heterocycles. The van der Waals surface area contributed by atoms with Crippen LogP contribution in [-0.4, -0.2) is 29.6 Å². The number of urea groups is 1. The molecule has 4 rings (SSSR count). The van der Waals surface area contributed by atoms with E-state index in [0.29, 0.717) is 11.5 Å². The summed E-state index contributed by atoms with van der Waals surface area (Å²) >= 11 is 1.50. The first kappa shape index (κ1) is 27.4. The van der Waals surface area contributed by atoms with Gasteiger partial charge in [0.1, 0.15) is 0 Å². The van der Waals surface area contributed by atoms with Crippen LogP contribution in [0.5, 0.6) is 0 Å². The highest BCUT2D eigenvalue weighted by molar-refractivity contribution is 7.14. The maximum atomic E-state index is 13.1. The minimum absolute atomic E-state index is 0.0656. The zero-order valence-electron chi connectivity index (χ0n) is 21.7. The second-order valence-electron chi connectivity index (χ2n) is 9.68. The summed E-state index contributed by atoms with van der Waals surface area (Å²) < 4.78 is 0. The molecule has 2 aromatic carbocycles. The molecule has 3 aromatic rings. The van der Waals surface area contributed by atoms with E-state index in [1.807, 2.05) is 23.6 Å². The number of carboxylic acids is 1. The van der Waals surface area contributed by atoms with Crippen molar-refractivity contribution < 1.29 is 19.5 Å². The monoisotopic (exact) mass is 533 g/mol. The van der Waals surface area contributed by atoms with Crippen molar-refractivity contribution in [2.45, 2.75) is 63.8 Å². The van der Waals surface area contributed by atoms with Gasteiger partial charge in [-0.05, 0) is 71.0 Å². The number of hydrogen-bond acceptors (Lipinski definition) is 4. The van der Waals surface area contributed by atoms with Gasteiger partial charge in [0, 0.05) is 12.1 Å². The largest absolute Gasteiger partial charge is 0.481 e. The fraction of sp³-hybridized carbons (Fsp3) is 0.367. The van der Waals surface area contributed by atoms with E-state index in [9.17, 15) is 14.4 Å². The van der Waals surface area contributed by atoms with Crippen LogP contribution < -0.4 is 16.0 Å². The molecule has 38 heavy (non-hydrogen) atoms. The molecule has 8 heteroatoms. The number of thiophene rings is 1. The molecule has 1 aromatic heterocycles. The van der Waals surface area contributed by atoms with Crippen molar-refractivity contribution in [1.82, 2.24) is 10.6 Å². The fourth-order valence-electron chi connectivity index (χ4n) is 4.96. The predicted octanol–water partition coefficient (Wildman–Crippen LogP) is 6.47. The van der Waals surface area contributed by atoms with Crippen LogP contribution in [-0.2, 0) is 11.2 Å². The zero-order valence-corrected chi connectivity index (χ0v) is 22.5. The molecule has 0 spiro atoms. The SMILES string of the molecule is CCc1ccsc1NC(=O)NC(c1ccc(C(=O)NCCC(=O)O)cc1)c1ccc(C2CCCCC2)cc1. The Morgan fingerprint density at radius 2 is 1.61 bits per heavy atom. The van der Waals surface area contributed by atoms with Gasteiger partial charge in [-0.1, -0.05) is 62.6 Å². The maximum absolute atomic E-state index is 13.1. The van der Waals surface area contributed by atoms with Crippen LogP contribution in [0.4, 0.5) is 9.80 Å². The number of carboxylic acid groups (broad SMARTS) is 1. The lowest BCUT2D eigenvalue weighted by Gasteiger charge is -2.24. The van der Waals surface area contributed by atoms with Gasteiger partial charge in [0.05, 0.1) is 17.5 Å². The third-order valence-electron chi connectivity index (χ3n) is 7.11. The highest BCUT2D eigenvalue weighted by Crippen LogP contribution is 2.34. The molecule has 3 amide bonds. The van der Waals surface area contributed by atoms with Crippen molar-refractivity contribution in [3.05, 3.63) is 87.8 Å². The Labute approximate surface area is 227 Å². The molecule has 7 nitrogen and oxygen atoms in total. The van der Waals surface area contributed by atoms with Gasteiger partial charge in [-0.2, -0.15) is 0 Å². The molecule has 0 aliphatic heterocycles. The lowest BCUT2D eigenvalue weighted by Crippen LogP contribution is -2.33. The Hall–Kier alpha value is -3.65. The molecule has 1 aliphatic carbocycles.